The molecule has 0 spiro atoms. The van der Waals surface area contributed by atoms with Crippen LogP contribution in [0.5, 0.6) is 0 Å². The zero-order valence-corrected chi connectivity index (χ0v) is 16.2. The summed E-state index contributed by atoms with van der Waals surface area (Å²) in [7, 11) is 0. The number of hydrogen-bond acceptors (Lipinski definition) is 5. The van der Waals surface area contributed by atoms with E-state index in [1.54, 1.807) is 38.1 Å². The Morgan fingerprint density at radius 1 is 1.21 bits per heavy atom. The van der Waals surface area contributed by atoms with Gasteiger partial charge in [-0.3, -0.25) is 14.8 Å². The zero-order chi connectivity index (χ0) is 21.6. The highest BCUT2D eigenvalue weighted by molar-refractivity contribution is 5.97. The number of hydroxylamine groups is 1. The Morgan fingerprint density at radius 3 is 2.34 bits per heavy atom. The molecule has 29 heavy (non-hydrogen) atoms. The first-order valence-corrected chi connectivity index (χ1v) is 8.81. The fraction of sp³-hybridized carbons (Fsp3) is 0.350. The standard InChI is InChI=1S/C20H23N5O4/c1-20(2,22)16(18(27)24-29)23-17(26)15-9-7-13(8-10-15)5-3-4-6-14-11-25(12-14)19(21)28/h7-10,14,16,29H,11-12,22H2,1-2H3,(H2,21,28)(H,23,26)(H,24,27)/t16-/m1/s1. The van der Waals surface area contributed by atoms with Crippen molar-refractivity contribution in [2.75, 3.05) is 13.1 Å². The monoisotopic (exact) mass is 397 g/mol. The van der Waals surface area contributed by atoms with Crippen LogP contribution in [0.1, 0.15) is 29.8 Å². The number of likely N-dealkylation sites (tertiary alicyclic amines) is 1. The van der Waals surface area contributed by atoms with Gasteiger partial charge in [-0.15, -0.1) is 0 Å². The fourth-order valence-electron chi connectivity index (χ4n) is 2.56. The van der Waals surface area contributed by atoms with Gasteiger partial charge in [0.05, 0.1) is 5.92 Å². The number of rotatable bonds is 4. The van der Waals surface area contributed by atoms with Crippen molar-refractivity contribution in [2.24, 2.45) is 17.4 Å². The molecule has 1 fully saturated rings. The summed E-state index contributed by atoms with van der Waals surface area (Å²) in [6, 6.07) is 4.85. The number of benzene rings is 1. The third-order valence-corrected chi connectivity index (χ3v) is 4.28. The molecule has 0 saturated carbocycles. The van der Waals surface area contributed by atoms with Crippen LogP contribution in [0.4, 0.5) is 4.79 Å². The maximum Gasteiger partial charge on any atom is 0.314 e. The Bertz CT molecular complexity index is 907. The van der Waals surface area contributed by atoms with Crippen LogP contribution in [-0.4, -0.2) is 52.6 Å². The Kier molecular flexibility index (Phi) is 6.84. The number of nitrogens with two attached hydrogens (primary N) is 2. The van der Waals surface area contributed by atoms with Crippen LogP contribution in [0.2, 0.25) is 0 Å². The van der Waals surface area contributed by atoms with Crippen molar-refractivity contribution in [1.82, 2.24) is 15.7 Å². The van der Waals surface area contributed by atoms with E-state index in [0.29, 0.717) is 24.2 Å². The van der Waals surface area contributed by atoms with E-state index < -0.39 is 29.4 Å². The number of carbonyl (C=O) groups excluding carboxylic acids is 3. The van der Waals surface area contributed by atoms with E-state index in [9.17, 15) is 14.4 Å². The molecule has 1 saturated heterocycles. The molecule has 9 nitrogen and oxygen atoms in total. The van der Waals surface area contributed by atoms with Gasteiger partial charge in [-0.1, -0.05) is 11.8 Å². The molecule has 9 heteroatoms. The summed E-state index contributed by atoms with van der Waals surface area (Å²) < 4.78 is 0. The molecule has 1 atom stereocenters. The van der Waals surface area contributed by atoms with Crippen LogP contribution in [0, 0.1) is 29.6 Å². The number of urea groups is 1. The van der Waals surface area contributed by atoms with Gasteiger partial charge in [-0.05, 0) is 50.0 Å². The van der Waals surface area contributed by atoms with Crippen molar-refractivity contribution in [3.63, 3.8) is 0 Å². The lowest BCUT2D eigenvalue weighted by Crippen LogP contribution is -2.61. The lowest BCUT2D eigenvalue weighted by molar-refractivity contribution is -0.132. The van der Waals surface area contributed by atoms with Crippen LogP contribution < -0.4 is 22.3 Å². The second-order valence-electron chi connectivity index (χ2n) is 7.24. The summed E-state index contributed by atoms with van der Waals surface area (Å²) in [6.45, 7) is 4.15. The van der Waals surface area contributed by atoms with Crippen LogP contribution in [-0.2, 0) is 4.79 Å². The zero-order valence-electron chi connectivity index (χ0n) is 16.2. The largest absolute Gasteiger partial charge is 0.351 e. The van der Waals surface area contributed by atoms with Gasteiger partial charge in [-0.2, -0.15) is 0 Å². The molecule has 152 valence electrons. The third kappa shape index (κ3) is 5.98. The van der Waals surface area contributed by atoms with E-state index in [1.807, 2.05) is 0 Å². The summed E-state index contributed by atoms with van der Waals surface area (Å²) in [5.74, 6) is 10.0. The predicted molar refractivity (Wildman–Crippen MR) is 105 cm³/mol. The number of nitrogens with one attached hydrogen (secondary N) is 2. The van der Waals surface area contributed by atoms with E-state index >= 15 is 0 Å². The summed E-state index contributed by atoms with van der Waals surface area (Å²) in [5.41, 5.74) is 12.4. The van der Waals surface area contributed by atoms with E-state index in [-0.39, 0.29) is 5.92 Å². The van der Waals surface area contributed by atoms with Crippen molar-refractivity contribution in [2.45, 2.75) is 25.4 Å². The first-order chi connectivity index (χ1) is 13.6. The molecule has 4 amide bonds. The predicted octanol–water partition coefficient (Wildman–Crippen LogP) is -0.607. The van der Waals surface area contributed by atoms with Crippen molar-refractivity contribution in [3.8, 4) is 23.7 Å². The summed E-state index contributed by atoms with van der Waals surface area (Å²) in [5, 5.41) is 11.3. The topological polar surface area (TPSA) is 151 Å². The second kappa shape index (κ2) is 9.11. The Balaban J connectivity index is 1.96. The summed E-state index contributed by atoms with van der Waals surface area (Å²) >= 11 is 0. The molecule has 0 bridgehead atoms. The van der Waals surface area contributed by atoms with Crippen molar-refractivity contribution in [1.29, 1.82) is 0 Å². The maximum absolute atomic E-state index is 12.4. The lowest BCUT2D eigenvalue weighted by atomic mass is 9.95. The molecule has 0 aliphatic carbocycles. The summed E-state index contributed by atoms with van der Waals surface area (Å²) in [4.78, 5) is 36.5. The van der Waals surface area contributed by atoms with Gasteiger partial charge < -0.3 is 21.7 Å². The van der Waals surface area contributed by atoms with Gasteiger partial charge in [0, 0.05) is 29.8 Å². The summed E-state index contributed by atoms with van der Waals surface area (Å²) in [6.07, 6.45) is 0. The van der Waals surface area contributed by atoms with E-state index in [1.165, 1.54) is 10.4 Å². The molecule has 1 aliphatic rings. The van der Waals surface area contributed by atoms with E-state index in [0.717, 1.165) is 0 Å². The normalized spacial score (nSPS) is 14.3. The first kappa shape index (κ1) is 21.8. The highest BCUT2D eigenvalue weighted by atomic mass is 16.5. The molecular weight excluding hydrogens is 374 g/mol. The fourth-order valence-corrected chi connectivity index (χ4v) is 2.56. The minimum Gasteiger partial charge on any atom is -0.351 e. The minimum atomic E-state index is -1.12. The molecule has 1 aromatic carbocycles. The molecule has 1 heterocycles. The van der Waals surface area contributed by atoms with Gasteiger partial charge in [0.25, 0.3) is 11.8 Å². The number of hydrogen-bond donors (Lipinski definition) is 5. The van der Waals surface area contributed by atoms with Crippen LogP contribution in [0.15, 0.2) is 24.3 Å². The van der Waals surface area contributed by atoms with Crippen molar-refractivity contribution in [3.05, 3.63) is 35.4 Å². The molecule has 2 rings (SSSR count). The van der Waals surface area contributed by atoms with E-state index in [2.05, 4.69) is 29.0 Å². The van der Waals surface area contributed by atoms with Gasteiger partial charge in [0.15, 0.2) is 0 Å². The number of nitrogens with zero attached hydrogens (tertiary/aromatic N) is 1. The van der Waals surface area contributed by atoms with Crippen LogP contribution in [0.25, 0.3) is 0 Å². The quantitative estimate of drug-likeness (QED) is 0.261. The molecule has 1 aliphatic heterocycles. The molecule has 1 aromatic rings. The smallest absolute Gasteiger partial charge is 0.314 e. The van der Waals surface area contributed by atoms with Crippen molar-refractivity contribution < 1.29 is 19.6 Å². The van der Waals surface area contributed by atoms with Gasteiger partial charge in [-0.25, -0.2) is 10.3 Å². The average Bonchev–Trinajstić information content (AvgIpc) is 2.62. The minimum absolute atomic E-state index is 0.0822. The highest BCUT2D eigenvalue weighted by Crippen LogP contribution is 2.13. The molecule has 7 N–H and O–H groups in total. The number of carbonyl (C=O) groups is 3. The third-order valence-electron chi connectivity index (χ3n) is 4.28. The lowest BCUT2D eigenvalue weighted by Gasteiger charge is -2.34. The molecule has 0 aromatic heterocycles. The average molecular weight is 397 g/mol. The number of primary amides is 1. The van der Waals surface area contributed by atoms with Gasteiger partial charge >= 0.3 is 6.03 Å². The SMILES string of the molecule is CC(C)(N)[C@H](NC(=O)c1ccc(C#CC#CC2CN(C(N)=O)C2)cc1)C(=O)NO. The van der Waals surface area contributed by atoms with Crippen LogP contribution in [0.3, 0.4) is 0 Å². The molecular formula is C20H23N5O4. The van der Waals surface area contributed by atoms with Crippen LogP contribution >= 0.6 is 0 Å². The molecule has 0 radical (unpaired) electrons. The van der Waals surface area contributed by atoms with Crippen molar-refractivity contribution >= 4 is 17.8 Å². The first-order valence-electron chi connectivity index (χ1n) is 8.81. The van der Waals surface area contributed by atoms with Gasteiger partial charge in [0.2, 0.25) is 0 Å². The Hall–Kier alpha value is -3.53. The Labute approximate surface area is 168 Å². The van der Waals surface area contributed by atoms with Gasteiger partial charge in [0.1, 0.15) is 6.04 Å². The molecule has 0 unspecified atom stereocenters. The number of amides is 4. The second-order valence-corrected chi connectivity index (χ2v) is 7.24. The Morgan fingerprint density at radius 2 is 1.83 bits per heavy atom. The maximum atomic E-state index is 12.4. The van der Waals surface area contributed by atoms with E-state index in [4.69, 9.17) is 16.7 Å². The highest BCUT2D eigenvalue weighted by Gasteiger charge is 2.33.